The van der Waals surface area contributed by atoms with Crippen molar-refractivity contribution in [2.24, 2.45) is 0 Å². The molecule has 0 radical (unpaired) electrons. The number of anilines is 1. The van der Waals surface area contributed by atoms with Crippen LogP contribution in [0.3, 0.4) is 0 Å². The van der Waals surface area contributed by atoms with Crippen LogP contribution in [0.4, 0.5) is 5.82 Å². The topological polar surface area (TPSA) is 64.1 Å². The molecule has 1 saturated heterocycles. The Hall–Kier alpha value is -1.30. The third-order valence-corrected chi connectivity index (χ3v) is 3.76. The molecule has 5 nitrogen and oxygen atoms in total. The summed E-state index contributed by atoms with van der Waals surface area (Å²) < 4.78 is 4.61. The number of carbonyl (C=O) groups is 1. The Morgan fingerprint density at radius 3 is 3.18 bits per heavy atom. The van der Waals surface area contributed by atoms with E-state index in [2.05, 4.69) is 20.0 Å². The van der Waals surface area contributed by atoms with Gasteiger partial charge in [0.05, 0.1) is 19.5 Å². The van der Waals surface area contributed by atoms with Gasteiger partial charge in [0.1, 0.15) is 5.82 Å². The van der Waals surface area contributed by atoms with E-state index in [1.807, 2.05) is 11.8 Å². The van der Waals surface area contributed by atoms with Gasteiger partial charge in [-0.05, 0) is 18.6 Å². The molecule has 1 unspecified atom stereocenters. The molecule has 17 heavy (non-hydrogen) atoms. The number of hydrogen-bond acceptors (Lipinski definition) is 6. The van der Waals surface area contributed by atoms with E-state index >= 15 is 0 Å². The van der Waals surface area contributed by atoms with Gasteiger partial charge in [-0.3, -0.25) is 4.98 Å². The number of esters is 1. The molecule has 2 heterocycles. The maximum Gasteiger partial charge on any atom is 0.358 e. The van der Waals surface area contributed by atoms with Crippen molar-refractivity contribution < 1.29 is 9.53 Å². The van der Waals surface area contributed by atoms with E-state index in [9.17, 15) is 4.79 Å². The summed E-state index contributed by atoms with van der Waals surface area (Å²) in [5.41, 5.74) is 0.237. The number of nitrogens with one attached hydrogen (secondary N) is 1. The van der Waals surface area contributed by atoms with E-state index in [0.717, 1.165) is 12.2 Å². The molecule has 0 saturated carbocycles. The summed E-state index contributed by atoms with van der Waals surface area (Å²) in [5, 5.41) is 3.30. The number of carbonyl (C=O) groups excluding carboxylic acids is 1. The molecule has 1 fully saturated rings. The molecule has 1 aromatic rings. The van der Waals surface area contributed by atoms with Crippen LogP contribution in [0.25, 0.3) is 0 Å². The summed E-state index contributed by atoms with van der Waals surface area (Å²) in [4.78, 5) is 19.5. The Labute approximate surface area is 104 Å². The number of ether oxygens (including phenoxy) is 1. The summed E-state index contributed by atoms with van der Waals surface area (Å²) in [5.74, 6) is 2.48. The van der Waals surface area contributed by atoms with E-state index in [0.29, 0.717) is 11.9 Å². The molecule has 6 heteroatoms. The maximum absolute atomic E-state index is 11.3. The molecule has 2 rings (SSSR count). The van der Waals surface area contributed by atoms with Crippen LogP contribution < -0.4 is 5.32 Å². The fourth-order valence-corrected chi connectivity index (χ4v) is 2.77. The zero-order chi connectivity index (χ0) is 12.1. The van der Waals surface area contributed by atoms with Gasteiger partial charge in [0.2, 0.25) is 0 Å². The Balaban J connectivity index is 2.02. The number of hydrogen-bond donors (Lipinski definition) is 1. The standard InChI is InChI=1S/C11H15N3O2S/c1-16-11(15)9-5-12-6-10(14-9)13-8-3-2-4-17-7-8/h5-6,8H,2-4,7H2,1H3,(H,13,14). The molecular weight excluding hydrogens is 238 g/mol. The molecule has 0 amide bonds. The van der Waals surface area contributed by atoms with Crippen LogP contribution in [0.5, 0.6) is 0 Å². The number of aromatic nitrogens is 2. The highest BCUT2D eigenvalue weighted by Gasteiger charge is 2.15. The monoisotopic (exact) mass is 253 g/mol. The molecule has 0 aliphatic carbocycles. The maximum atomic E-state index is 11.3. The molecule has 1 N–H and O–H groups in total. The second-order valence-electron chi connectivity index (χ2n) is 3.84. The van der Waals surface area contributed by atoms with Gasteiger partial charge >= 0.3 is 5.97 Å². The van der Waals surface area contributed by atoms with Gasteiger partial charge in [-0.1, -0.05) is 0 Å². The molecule has 1 aliphatic rings. The van der Waals surface area contributed by atoms with Crippen LogP contribution in [-0.4, -0.2) is 40.6 Å². The highest BCUT2D eigenvalue weighted by Crippen LogP contribution is 2.19. The Morgan fingerprint density at radius 2 is 2.47 bits per heavy atom. The van der Waals surface area contributed by atoms with Gasteiger partial charge in [0, 0.05) is 11.8 Å². The number of thioether (sulfide) groups is 1. The molecule has 0 spiro atoms. The lowest BCUT2D eigenvalue weighted by atomic mass is 10.2. The smallest absolute Gasteiger partial charge is 0.358 e. The van der Waals surface area contributed by atoms with Crippen molar-refractivity contribution in [3.05, 3.63) is 18.1 Å². The first-order chi connectivity index (χ1) is 8.29. The predicted molar refractivity (Wildman–Crippen MR) is 67.3 cm³/mol. The van der Waals surface area contributed by atoms with E-state index in [-0.39, 0.29) is 5.69 Å². The van der Waals surface area contributed by atoms with Crippen molar-refractivity contribution >= 4 is 23.5 Å². The molecular formula is C11H15N3O2S. The average Bonchev–Trinajstić information content (AvgIpc) is 2.39. The van der Waals surface area contributed by atoms with Gasteiger partial charge < -0.3 is 10.1 Å². The minimum absolute atomic E-state index is 0.237. The molecule has 0 aromatic carbocycles. The molecule has 1 aliphatic heterocycles. The van der Waals surface area contributed by atoms with Crippen LogP contribution in [0.2, 0.25) is 0 Å². The Morgan fingerprint density at radius 1 is 1.59 bits per heavy atom. The highest BCUT2D eigenvalue weighted by molar-refractivity contribution is 7.99. The third-order valence-electron chi connectivity index (χ3n) is 2.54. The normalized spacial score (nSPS) is 19.7. The first-order valence-corrected chi connectivity index (χ1v) is 6.69. The minimum atomic E-state index is -0.459. The lowest BCUT2D eigenvalue weighted by Gasteiger charge is -2.22. The fourth-order valence-electron chi connectivity index (χ4n) is 1.70. The second kappa shape index (κ2) is 5.86. The van der Waals surface area contributed by atoms with Gasteiger partial charge in [-0.25, -0.2) is 9.78 Å². The fraction of sp³-hybridized carbons (Fsp3) is 0.545. The van der Waals surface area contributed by atoms with Gasteiger partial charge in [-0.2, -0.15) is 11.8 Å². The third kappa shape index (κ3) is 3.33. The highest BCUT2D eigenvalue weighted by atomic mass is 32.2. The Kier molecular flexibility index (Phi) is 4.19. The van der Waals surface area contributed by atoms with Crippen LogP contribution in [0, 0.1) is 0 Å². The molecule has 92 valence electrons. The van der Waals surface area contributed by atoms with E-state index in [1.165, 1.54) is 25.5 Å². The van der Waals surface area contributed by atoms with Crippen molar-refractivity contribution in [2.45, 2.75) is 18.9 Å². The van der Waals surface area contributed by atoms with E-state index < -0.39 is 5.97 Å². The number of rotatable bonds is 3. The summed E-state index contributed by atoms with van der Waals surface area (Å²) in [6.07, 6.45) is 5.39. The zero-order valence-electron chi connectivity index (χ0n) is 9.68. The van der Waals surface area contributed by atoms with Gasteiger partial charge in [-0.15, -0.1) is 0 Å². The van der Waals surface area contributed by atoms with Crippen LogP contribution in [0.1, 0.15) is 23.3 Å². The second-order valence-corrected chi connectivity index (χ2v) is 4.99. The van der Waals surface area contributed by atoms with Gasteiger partial charge in [0.25, 0.3) is 0 Å². The summed E-state index contributed by atoms with van der Waals surface area (Å²) in [6.45, 7) is 0. The van der Waals surface area contributed by atoms with Crippen molar-refractivity contribution in [3.63, 3.8) is 0 Å². The van der Waals surface area contributed by atoms with E-state index in [4.69, 9.17) is 0 Å². The first-order valence-electron chi connectivity index (χ1n) is 5.54. The van der Waals surface area contributed by atoms with Crippen molar-refractivity contribution in [2.75, 3.05) is 23.9 Å². The SMILES string of the molecule is COC(=O)c1cncc(NC2CCCSC2)n1. The van der Waals surface area contributed by atoms with Crippen molar-refractivity contribution in [1.82, 2.24) is 9.97 Å². The molecule has 0 bridgehead atoms. The quantitative estimate of drug-likeness (QED) is 0.825. The summed E-state index contributed by atoms with van der Waals surface area (Å²) in [6, 6.07) is 0.413. The molecule has 1 atom stereocenters. The van der Waals surface area contributed by atoms with Crippen molar-refractivity contribution in [1.29, 1.82) is 0 Å². The zero-order valence-corrected chi connectivity index (χ0v) is 10.5. The average molecular weight is 253 g/mol. The predicted octanol–water partition coefficient (Wildman–Crippen LogP) is 1.57. The summed E-state index contributed by atoms with van der Waals surface area (Å²) >= 11 is 1.93. The summed E-state index contributed by atoms with van der Waals surface area (Å²) in [7, 11) is 1.34. The van der Waals surface area contributed by atoms with E-state index in [1.54, 1.807) is 6.20 Å². The van der Waals surface area contributed by atoms with Crippen LogP contribution in [0.15, 0.2) is 12.4 Å². The van der Waals surface area contributed by atoms with Crippen LogP contribution in [-0.2, 0) is 4.74 Å². The van der Waals surface area contributed by atoms with Gasteiger partial charge in [0.15, 0.2) is 5.69 Å². The first kappa shape index (κ1) is 12.2. The van der Waals surface area contributed by atoms with Crippen molar-refractivity contribution in [3.8, 4) is 0 Å². The number of methoxy groups -OCH3 is 1. The lowest BCUT2D eigenvalue weighted by molar-refractivity contribution is 0.0593. The number of nitrogens with zero attached hydrogens (tertiary/aromatic N) is 2. The van der Waals surface area contributed by atoms with Crippen LogP contribution >= 0.6 is 11.8 Å². The Bertz CT molecular complexity index is 394. The largest absolute Gasteiger partial charge is 0.464 e. The minimum Gasteiger partial charge on any atom is -0.464 e. The molecule has 1 aromatic heterocycles. The lowest BCUT2D eigenvalue weighted by Crippen LogP contribution is -2.26.